The average molecular weight is 431 g/mol. The molecule has 1 saturated heterocycles. The van der Waals surface area contributed by atoms with Crippen molar-refractivity contribution in [2.75, 3.05) is 42.7 Å². The monoisotopic (exact) mass is 430 g/mol. The molecular formula is C20H23BrN4O2. The summed E-state index contributed by atoms with van der Waals surface area (Å²) in [5, 5.41) is 5.61. The molecule has 2 aromatic rings. The molecule has 0 atom stereocenters. The fourth-order valence-electron chi connectivity index (χ4n) is 3.11. The van der Waals surface area contributed by atoms with E-state index in [4.69, 9.17) is 0 Å². The van der Waals surface area contributed by atoms with E-state index in [1.807, 2.05) is 48.2 Å². The molecule has 0 radical (unpaired) electrons. The summed E-state index contributed by atoms with van der Waals surface area (Å²) in [4.78, 5) is 29.0. The number of nitrogens with zero attached hydrogens (tertiary/aromatic N) is 2. The average Bonchev–Trinajstić information content (AvgIpc) is 3.17. The SMILES string of the molecule is CN(C)c1ccc(NC(=O)Nc2ccccc2Br)cc1C(=O)N1CCCC1. The van der Waals surface area contributed by atoms with Gasteiger partial charge >= 0.3 is 6.03 Å². The number of carbonyl (C=O) groups is 2. The molecule has 0 saturated carbocycles. The quantitative estimate of drug-likeness (QED) is 0.755. The zero-order valence-corrected chi connectivity index (χ0v) is 17.0. The predicted octanol–water partition coefficient (Wildman–Crippen LogP) is 4.40. The van der Waals surface area contributed by atoms with Gasteiger partial charge in [-0.05, 0) is 59.1 Å². The predicted molar refractivity (Wildman–Crippen MR) is 113 cm³/mol. The molecule has 1 fully saturated rings. The topological polar surface area (TPSA) is 64.7 Å². The fraction of sp³-hybridized carbons (Fsp3) is 0.300. The number of hydrogen-bond donors (Lipinski definition) is 2. The van der Waals surface area contributed by atoms with Crippen LogP contribution in [0.25, 0.3) is 0 Å². The van der Waals surface area contributed by atoms with Crippen LogP contribution in [-0.2, 0) is 0 Å². The minimum atomic E-state index is -0.362. The van der Waals surface area contributed by atoms with Gasteiger partial charge in [0.15, 0.2) is 0 Å². The number of amides is 3. The first-order chi connectivity index (χ1) is 13.0. The Morgan fingerprint density at radius 2 is 1.74 bits per heavy atom. The highest BCUT2D eigenvalue weighted by Crippen LogP contribution is 2.26. The van der Waals surface area contributed by atoms with E-state index in [1.165, 1.54) is 0 Å². The summed E-state index contributed by atoms with van der Waals surface area (Å²) in [5.41, 5.74) is 2.69. The standard InChI is InChI=1S/C20H23BrN4O2/c1-24(2)18-10-9-14(13-15(18)19(26)25-11-5-6-12-25)22-20(27)23-17-8-4-3-7-16(17)21/h3-4,7-10,13H,5-6,11-12H2,1-2H3,(H2,22,23,27). The largest absolute Gasteiger partial charge is 0.377 e. The summed E-state index contributed by atoms with van der Waals surface area (Å²) in [6.45, 7) is 1.57. The van der Waals surface area contributed by atoms with Gasteiger partial charge in [0.25, 0.3) is 5.91 Å². The maximum atomic E-state index is 12.9. The minimum absolute atomic E-state index is 0.00561. The number of carbonyl (C=O) groups excluding carboxylic acids is 2. The molecule has 1 aliphatic heterocycles. The lowest BCUT2D eigenvalue weighted by atomic mass is 10.1. The number of nitrogens with one attached hydrogen (secondary N) is 2. The van der Waals surface area contributed by atoms with E-state index in [0.29, 0.717) is 16.9 Å². The molecule has 2 N–H and O–H groups in total. The third-order valence-corrected chi connectivity index (χ3v) is 5.17. The van der Waals surface area contributed by atoms with Crippen LogP contribution in [0.2, 0.25) is 0 Å². The van der Waals surface area contributed by atoms with E-state index >= 15 is 0 Å². The van der Waals surface area contributed by atoms with E-state index in [9.17, 15) is 9.59 Å². The second-order valence-electron chi connectivity index (χ2n) is 6.68. The highest BCUT2D eigenvalue weighted by molar-refractivity contribution is 9.10. The van der Waals surface area contributed by atoms with Crippen molar-refractivity contribution in [3.63, 3.8) is 0 Å². The summed E-state index contributed by atoms with van der Waals surface area (Å²) < 4.78 is 0.799. The maximum Gasteiger partial charge on any atom is 0.323 e. The third kappa shape index (κ3) is 4.60. The number of rotatable bonds is 4. The molecule has 6 nitrogen and oxygen atoms in total. The van der Waals surface area contributed by atoms with Crippen LogP contribution in [-0.4, -0.2) is 44.0 Å². The maximum absolute atomic E-state index is 12.9. The Morgan fingerprint density at radius 3 is 2.41 bits per heavy atom. The lowest BCUT2D eigenvalue weighted by Crippen LogP contribution is -2.29. The Morgan fingerprint density at radius 1 is 1.04 bits per heavy atom. The van der Waals surface area contributed by atoms with Crippen LogP contribution in [0.15, 0.2) is 46.9 Å². The molecule has 0 spiro atoms. The van der Waals surface area contributed by atoms with Crippen LogP contribution in [0.1, 0.15) is 23.2 Å². The van der Waals surface area contributed by atoms with Gasteiger partial charge in [0.05, 0.1) is 11.3 Å². The van der Waals surface area contributed by atoms with E-state index in [1.54, 1.807) is 18.2 Å². The summed E-state index contributed by atoms with van der Waals surface area (Å²) >= 11 is 3.41. The van der Waals surface area contributed by atoms with Gasteiger partial charge in [0, 0.05) is 43.0 Å². The van der Waals surface area contributed by atoms with E-state index in [0.717, 1.165) is 36.1 Å². The Kier molecular flexibility index (Phi) is 6.01. The van der Waals surface area contributed by atoms with E-state index < -0.39 is 0 Å². The molecule has 1 aliphatic rings. The van der Waals surface area contributed by atoms with Gasteiger partial charge in [0.2, 0.25) is 0 Å². The molecule has 27 heavy (non-hydrogen) atoms. The van der Waals surface area contributed by atoms with Crippen molar-refractivity contribution < 1.29 is 9.59 Å². The van der Waals surface area contributed by atoms with Gasteiger partial charge in [-0.3, -0.25) is 4.79 Å². The molecule has 3 amide bonds. The van der Waals surface area contributed by atoms with Crippen molar-refractivity contribution in [2.24, 2.45) is 0 Å². The number of urea groups is 1. The van der Waals surface area contributed by atoms with Gasteiger partial charge in [-0.15, -0.1) is 0 Å². The first-order valence-electron chi connectivity index (χ1n) is 8.89. The molecule has 1 heterocycles. The lowest BCUT2D eigenvalue weighted by Gasteiger charge is -2.22. The first kappa shape index (κ1) is 19.2. The van der Waals surface area contributed by atoms with Gasteiger partial charge in [-0.2, -0.15) is 0 Å². The molecule has 0 aliphatic carbocycles. The fourth-order valence-corrected chi connectivity index (χ4v) is 3.50. The van der Waals surface area contributed by atoms with Crippen LogP contribution >= 0.6 is 15.9 Å². The van der Waals surface area contributed by atoms with Crippen molar-refractivity contribution in [3.05, 3.63) is 52.5 Å². The van der Waals surface area contributed by atoms with Crippen LogP contribution in [0.4, 0.5) is 21.9 Å². The summed E-state index contributed by atoms with van der Waals surface area (Å²) in [6, 6.07) is 12.4. The van der Waals surface area contributed by atoms with Gasteiger partial charge in [-0.25, -0.2) is 4.79 Å². The van der Waals surface area contributed by atoms with Crippen LogP contribution in [0, 0.1) is 0 Å². The molecule has 7 heteroatoms. The molecule has 0 unspecified atom stereocenters. The number of likely N-dealkylation sites (tertiary alicyclic amines) is 1. The highest BCUT2D eigenvalue weighted by atomic mass is 79.9. The number of anilines is 3. The first-order valence-corrected chi connectivity index (χ1v) is 9.68. The minimum Gasteiger partial charge on any atom is -0.377 e. The smallest absolute Gasteiger partial charge is 0.323 e. The molecule has 2 aromatic carbocycles. The zero-order chi connectivity index (χ0) is 19.4. The molecule has 142 valence electrons. The summed E-state index contributed by atoms with van der Waals surface area (Å²) in [5.74, 6) is 0.00561. The van der Waals surface area contributed by atoms with Gasteiger partial charge in [-0.1, -0.05) is 12.1 Å². The molecular weight excluding hydrogens is 408 g/mol. The van der Waals surface area contributed by atoms with Gasteiger partial charge < -0.3 is 20.4 Å². The van der Waals surface area contributed by atoms with E-state index in [2.05, 4.69) is 26.6 Å². The number of benzene rings is 2. The molecule has 3 rings (SSSR count). The lowest BCUT2D eigenvalue weighted by molar-refractivity contribution is 0.0793. The Hall–Kier alpha value is -2.54. The highest BCUT2D eigenvalue weighted by Gasteiger charge is 2.23. The van der Waals surface area contributed by atoms with Crippen LogP contribution < -0.4 is 15.5 Å². The van der Waals surface area contributed by atoms with Crippen molar-refractivity contribution in [1.29, 1.82) is 0 Å². The Balaban J connectivity index is 1.79. The second kappa shape index (κ2) is 8.43. The Labute approximate surface area is 167 Å². The number of hydrogen-bond acceptors (Lipinski definition) is 3. The summed E-state index contributed by atoms with van der Waals surface area (Å²) in [6.07, 6.45) is 2.07. The van der Waals surface area contributed by atoms with Crippen LogP contribution in [0.5, 0.6) is 0 Å². The van der Waals surface area contributed by atoms with Crippen molar-refractivity contribution in [2.45, 2.75) is 12.8 Å². The van der Waals surface area contributed by atoms with Crippen LogP contribution in [0.3, 0.4) is 0 Å². The van der Waals surface area contributed by atoms with Crippen molar-refractivity contribution in [1.82, 2.24) is 4.90 Å². The van der Waals surface area contributed by atoms with Crippen molar-refractivity contribution in [3.8, 4) is 0 Å². The van der Waals surface area contributed by atoms with E-state index in [-0.39, 0.29) is 11.9 Å². The van der Waals surface area contributed by atoms with Crippen molar-refractivity contribution >= 4 is 44.9 Å². The van der Waals surface area contributed by atoms with Gasteiger partial charge in [0.1, 0.15) is 0 Å². The third-order valence-electron chi connectivity index (χ3n) is 4.48. The number of halogens is 1. The Bertz CT molecular complexity index is 848. The number of para-hydroxylation sites is 1. The molecule has 0 aromatic heterocycles. The summed E-state index contributed by atoms with van der Waals surface area (Å²) in [7, 11) is 3.81. The zero-order valence-electron chi connectivity index (χ0n) is 15.5. The molecule has 0 bridgehead atoms. The second-order valence-corrected chi connectivity index (χ2v) is 7.54. The normalized spacial score (nSPS) is 13.4.